The molecule has 1 aliphatic rings. The second-order valence-corrected chi connectivity index (χ2v) is 14.7. The number of unbranched alkanes of at least 4 members (excludes halogenated alkanes) is 15. The molecule has 0 bridgehead atoms. The zero-order valence-corrected chi connectivity index (χ0v) is 31.4. The number of benzene rings is 3. The highest BCUT2D eigenvalue weighted by atomic mass is 79.9. The Labute approximate surface area is 303 Å². The van der Waals surface area contributed by atoms with E-state index in [1.54, 1.807) is 30.3 Å². The van der Waals surface area contributed by atoms with Crippen LogP contribution in [-0.2, 0) is 11.2 Å². The molecule has 0 atom stereocenters. The summed E-state index contributed by atoms with van der Waals surface area (Å²) in [6, 6.07) is 13.4. The first kappa shape index (κ1) is 37.8. The zero-order chi connectivity index (χ0) is 34.3. The molecular formula is C40H50Br2N2O4. The van der Waals surface area contributed by atoms with Gasteiger partial charge in [-0.25, -0.2) is 0 Å². The summed E-state index contributed by atoms with van der Waals surface area (Å²) in [6.45, 7) is 2.95. The number of anilines is 2. The summed E-state index contributed by atoms with van der Waals surface area (Å²) >= 11 is 7.22. The molecule has 8 heteroatoms. The van der Waals surface area contributed by atoms with Crippen molar-refractivity contribution < 1.29 is 19.5 Å². The van der Waals surface area contributed by atoms with Gasteiger partial charge in [0.15, 0.2) is 11.6 Å². The first-order chi connectivity index (χ1) is 23.3. The number of nitrogens with one attached hydrogen (secondary N) is 2. The Bertz CT molecular complexity index is 1530. The molecule has 0 saturated carbocycles. The van der Waals surface area contributed by atoms with Crippen molar-refractivity contribution in [1.82, 2.24) is 5.32 Å². The number of hydrogen-bond acceptors (Lipinski definition) is 5. The molecule has 0 radical (unpaired) electrons. The fourth-order valence-electron chi connectivity index (χ4n) is 6.44. The van der Waals surface area contributed by atoms with E-state index < -0.39 is 0 Å². The molecule has 258 valence electrons. The molecule has 0 unspecified atom stereocenters. The lowest BCUT2D eigenvalue weighted by atomic mass is 9.82. The lowest BCUT2D eigenvalue weighted by Crippen LogP contribution is -2.26. The van der Waals surface area contributed by atoms with Gasteiger partial charge >= 0.3 is 0 Å². The summed E-state index contributed by atoms with van der Waals surface area (Å²) in [5.74, 6) is -0.975. The summed E-state index contributed by atoms with van der Waals surface area (Å²) in [6.07, 6.45) is 21.4. The predicted molar refractivity (Wildman–Crippen MR) is 203 cm³/mol. The molecule has 0 fully saturated rings. The number of rotatable bonds is 21. The molecule has 3 aromatic carbocycles. The average molecular weight is 783 g/mol. The average Bonchev–Trinajstić information content (AvgIpc) is 3.07. The maximum atomic E-state index is 13.5. The van der Waals surface area contributed by atoms with Gasteiger partial charge in [-0.2, -0.15) is 0 Å². The lowest BCUT2D eigenvalue weighted by molar-refractivity contribution is -0.120. The van der Waals surface area contributed by atoms with Gasteiger partial charge in [0.05, 0.1) is 28.9 Å². The van der Waals surface area contributed by atoms with Crippen molar-refractivity contribution in [2.24, 2.45) is 0 Å². The molecule has 1 amide bonds. The van der Waals surface area contributed by atoms with E-state index in [9.17, 15) is 19.5 Å². The number of phenolic OH excluding ortho intramolecular Hbond substituents is 1. The largest absolute Gasteiger partial charge is 0.507 e. The van der Waals surface area contributed by atoms with E-state index >= 15 is 0 Å². The van der Waals surface area contributed by atoms with Crippen LogP contribution in [0.3, 0.4) is 0 Å². The van der Waals surface area contributed by atoms with Crippen LogP contribution in [-0.4, -0.2) is 29.1 Å². The van der Waals surface area contributed by atoms with E-state index in [2.05, 4.69) is 49.4 Å². The SMILES string of the molecule is CCCCCCCCCCCCCCCCCCNC(=O)Cc1cc(Br)c(Nc2ccc(O)c3c2C(=O)c2ccccc2C3=O)c(Br)c1. The summed E-state index contributed by atoms with van der Waals surface area (Å²) in [7, 11) is 0. The molecule has 3 aromatic rings. The maximum absolute atomic E-state index is 13.5. The summed E-state index contributed by atoms with van der Waals surface area (Å²) in [5.41, 5.74) is 2.59. The van der Waals surface area contributed by atoms with E-state index in [1.165, 1.54) is 96.0 Å². The minimum Gasteiger partial charge on any atom is -0.507 e. The number of amides is 1. The first-order valence-corrected chi connectivity index (χ1v) is 19.5. The molecule has 3 N–H and O–H groups in total. The fourth-order valence-corrected chi connectivity index (χ4v) is 7.92. The van der Waals surface area contributed by atoms with Crippen molar-refractivity contribution in [3.63, 3.8) is 0 Å². The summed E-state index contributed by atoms with van der Waals surface area (Å²) in [4.78, 5) is 39.3. The number of carbonyl (C=O) groups is 3. The molecule has 1 aliphatic carbocycles. The van der Waals surface area contributed by atoms with Gasteiger partial charge in [0, 0.05) is 26.6 Å². The molecule has 6 nitrogen and oxygen atoms in total. The highest BCUT2D eigenvalue weighted by molar-refractivity contribution is 9.11. The number of halogens is 2. The Hall–Kier alpha value is -2.97. The quantitative estimate of drug-likeness (QED) is 0.0578. The third-order valence-corrected chi connectivity index (χ3v) is 10.4. The highest BCUT2D eigenvalue weighted by Gasteiger charge is 2.34. The molecule has 0 aliphatic heterocycles. The molecule has 48 heavy (non-hydrogen) atoms. The molecule has 4 rings (SSSR count). The van der Waals surface area contributed by atoms with Gasteiger partial charge in [0.2, 0.25) is 5.91 Å². The molecule has 0 aromatic heterocycles. The molecule has 0 spiro atoms. The third-order valence-electron chi connectivity index (χ3n) is 9.13. The maximum Gasteiger partial charge on any atom is 0.224 e. The van der Waals surface area contributed by atoms with Gasteiger partial charge in [0.1, 0.15) is 5.75 Å². The van der Waals surface area contributed by atoms with Gasteiger partial charge < -0.3 is 15.7 Å². The molecule has 0 heterocycles. The van der Waals surface area contributed by atoms with Crippen molar-refractivity contribution in [1.29, 1.82) is 0 Å². The Morgan fingerprint density at radius 2 is 1.15 bits per heavy atom. The van der Waals surface area contributed by atoms with E-state index in [0.717, 1.165) is 18.4 Å². The van der Waals surface area contributed by atoms with Crippen LogP contribution in [0, 0.1) is 0 Å². The standard InChI is InChI=1S/C40H50Br2N2O4/c1-2-3-4-5-6-7-8-9-10-11-12-13-14-15-16-19-24-43-35(46)27-28-25-31(41)38(32(42)26-28)44-33-22-23-34(45)37-36(33)39(47)29-20-17-18-21-30(29)40(37)48/h17-18,20-23,25-26,44-45H,2-16,19,24,27H2,1H3,(H,43,46). The normalized spacial score (nSPS) is 12.1. The molecular weight excluding hydrogens is 732 g/mol. The second-order valence-electron chi connectivity index (χ2n) is 13.0. The Balaban J connectivity index is 1.15. The number of carbonyl (C=O) groups excluding carboxylic acids is 3. The monoisotopic (exact) mass is 780 g/mol. The van der Waals surface area contributed by atoms with Crippen LogP contribution in [0.1, 0.15) is 147 Å². The van der Waals surface area contributed by atoms with Crippen LogP contribution in [0.2, 0.25) is 0 Å². The predicted octanol–water partition coefficient (Wildman–Crippen LogP) is 11.4. The number of fused-ring (bicyclic) bond motifs is 2. The van der Waals surface area contributed by atoms with Gasteiger partial charge in [0.25, 0.3) is 0 Å². The van der Waals surface area contributed by atoms with Crippen LogP contribution < -0.4 is 10.6 Å². The van der Waals surface area contributed by atoms with Crippen molar-refractivity contribution in [2.75, 3.05) is 11.9 Å². The summed E-state index contributed by atoms with van der Waals surface area (Å²) in [5, 5.41) is 16.8. The lowest BCUT2D eigenvalue weighted by Gasteiger charge is -2.22. The van der Waals surface area contributed by atoms with Crippen molar-refractivity contribution >= 4 is 60.7 Å². The van der Waals surface area contributed by atoms with Gasteiger partial charge in [-0.05, 0) is 68.1 Å². The summed E-state index contributed by atoms with van der Waals surface area (Å²) < 4.78 is 1.38. The van der Waals surface area contributed by atoms with Crippen LogP contribution in [0.5, 0.6) is 5.75 Å². The Kier molecular flexibility index (Phi) is 15.7. The number of phenols is 1. The van der Waals surface area contributed by atoms with Crippen molar-refractivity contribution in [3.05, 3.63) is 85.3 Å². The number of aromatic hydroxyl groups is 1. The molecule has 0 saturated heterocycles. The number of ketones is 2. The van der Waals surface area contributed by atoms with Crippen LogP contribution >= 0.6 is 31.9 Å². The second kappa shape index (κ2) is 19.9. The van der Waals surface area contributed by atoms with Gasteiger partial charge in [-0.15, -0.1) is 0 Å². The fraction of sp³-hybridized carbons (Fsp3) is 0.475. The smallest absolute Gasteiger partial charge is 0.224 e. The van der Waals surface area contributed by atoms with E-state index in [1.807, 2.05) is 12.1 Å². The topological polar surface area (TPSA) is 95.5 Å². The van der Waals surface area contributed by atoms with Crippen molar-refractivity contribution in [2.45, 2.75) is 116 Å². The van der Waals surface area contributed by atoms with E-state index in [-0.39, 0.29) is 46.3 Å². The van der Waals surface area contributed by atoms with E-state index in [0.29, 0.717) is 32.4 Å². The minimum absolute atomic E-state index is 0.00594. The van der Waals surface area contributed by atoms with Gasteiger partial charge in [-0.3, -0.25) is 14.4 Å². The van der Waals surface area contributed by atoms with Crippen LogP contribution in [0.4, 0.5) is 11.4 Å². The Morgan fingerprint density at radius 1 is 0.667 bits per heavy atom. The van der Waals surface area contributed by atoms with E-state index in [4.69, 9.17) is 0 Å². The first-order valence-electron chi connectivity index (χ1n) is 17.9. The Morgan fingerprint density at radius 3 is 1.67 bits per heavy atom. The highest BCUT2D eigenvalue weighted by Crippen LogP contribution is 2.41. The van der Waals surface area contributed by atoms with Gasteiger partial charge in [-0.1, -0.05) is 128 Å². The zero-order valence-electron chi connectivity index (χ0n) is 28.3. The number of hydrogen-bond donors (Lipinski definition) is 3. The van der Waals surface area contributed by atoms with Crippen molar-refractivity contribution in [3.8, 4) is 5.75 Å². The van der Waals surface area contributed by atoms with Crippen LogP contribution in [0.15, 0.2) is 57.5 Å². The minimum atomic E-state index is -0.388. The van der Waals surface area contributed by atoms with Crippen LogP contribution in [0.25, 0.3) is 0 Å². The third kappa shape index (κ3) is 10.8.